The van der Waals surface area contributed by atoms with Crippen molar-refractivity contribution in [2.45, 2.75) is 37.8 Å². The van der Waals surface area contributed by atoms with Crippen molar-refractivity contribution in [3.63, 3.8) is 0 Å². The zero-order chi connectivity index (χ0) is 12.1. The molecule has 1 aromatic rings. The van der Waals surface area contributed by atoms with E-state index in [9.17, 15) is 4.79 Å². The molecule has 4 nitrogen and oxygen atoms in total. The van der Waals surface area contributed by atoms with Crippen LogP contribution in [-0.2, 0) is 9.63 Å². The first-order chi connectivity index (χ1) is 8.27. The van der Waals surface area contributed by atoms with Crippen molar-refractivity contribution in [2.75, 3.05) is 0 Å². The van der Waals surface area contributed by atoms with Gasteiger partial charge in [-0.2, -0.15) is 0 Å². The van der Waals surface area contributed by atoms with Crippen LogP contribution in [0.25, 0.3) is 0 Å². The normalized spacial score (nSPS) is 17.9. The fourth-order valence-electron chi connectivity index (χ4n) is 2.02. The SMILES string of the molecule is NC(C(=O)NOC1CCCC1)c1ccccc1. The van der Waals surface area contributed by atoms with Crippen molar-refractivity contribution in [2.24, 2.45) is 5.73 Å². The second-order valence-electron chi connectivity index (χ2n) is 4.38. The van der Waals surface area contributed by atoms with Gasteiger partial charge in [0.1, 0.15) is 6.04 Å². The molecule has 1 amide bonds. The van der Waals surface area contributed by atoms with Crippen molar-refractivity contribution in [3.05, 3.63) is 35.9 Å². The molecule has 2 rings (SSSR count). The Morgan fingerprint density at radius 1 is 1.29 bits per heavy atom. The number of rotatable bonds is 4. The topological polar surface area (TPSA) is 64.4 Å². The Bertz CT molecular complexity index is 361. The van der Waals surface area contributed by atoms with E-state index in [0.717, 1.165) is 18.4 Å². The molecule has 0 radical (unpaired) electrons. The molecule has 0 aromatic heterocycles. The molecule has 1 saturated carbocycles. The Hall–Kier alpha value is -1.39. The lowest BCUT2D eigenvalue weighted by atomic mass is 10.1. The van der Waals surface area contributed by atoms with Gasteiger partial charge in [0.2, 0.25) is 0 Å². The molecule has 92 valence electrons. The highest BCUT2D eigenvalue weighted by atomic mass is 16.7. The maximum absolute atomic E-state index is 11.7. The number of hydrogen-bond acceptors (Lipinski definition) is 3. The van der Waals surface area contributed by atoms with Crippen LogP contribution in [0, 0.1) is 0 Å². The Morgan fingerprint density at radius 3 is 2.59 bits per heavy atom. The predicted molar refractivity (Wildman–Crippen MR) is 64.9 cm³/mol. The molecule has 1 aromatic carbocycles. The molecule has 0 spiro atoms. The van der Waals surface area contributed by atoms with Crippen molar-refractivity contribution in [1.29, 1.82) is 0 Å². The highest BCUT2D eigenvalue weighted by Crippen LogP contribution is 2.20. The lowest BCUT2D eigenvalue weighted by Gasteiger charge is -2.15. The van der Waals surface area contributed by atoms with Gasteiger partial charge >= 0.3 is 0 Å². The van der Waals surface area contributed by atoms with E-state index >= 15 is 0 Å². The Kier molecular flexibility index (Phi) is 4.12. The Morgan fingerprint density at radius 2 is 1.94 bits per heavy atom. The summed E-state index contributed by atoms with van der Waals surface area (Å²) in [6, 6.07) is 8.61. The quantitative estimate of drug-likeness (QED) is 0.779. The van der Waals surface area contributed by atoms with Gasteiger partial charge in [-0.25, -0.2) is 5.48 Å². The molecule has 17 heavy (non-hydrogen) atoms. The maximum atomic E-state index is 11.7. The summed E-state index contributed by atoms with van der Waals surface area (Å²) in [7, 11) is 0. The van der Waals surface area contributed by atoms with E-state index < -0.39 is 6.04 Å². The molecule has 1 aliphatic carbocycles. The lowest BCUT2D eigenvalue weighted by molar-refractivity contribution is -0.139. The molecular weight excluding hydrogens is 216 g/mol. The Balaban J connectivity index is 1.83. The van der Waals surface area contributed by atoms with E-state index in [-0.39, 0.29) is 12.0 Å². The van der Waals surface area contributed by atoms with Crippen LogP contribution in [-0.4, -0.2) is 12.0 Å². The van der Waals surface area contributed by atoms with E-state index in [2.05, 4.69) is 5.48 Å². The highest BCUT2D eigenvalue weighted by molar-refractivity contribution is 5.81. The van der Waals surface area contributed by atoms with Crippen LogP contribution >= 0.6 is 0 Å². The molecule has 4 heteroatoms. The first kappa shape index (κ1) is 12.1. The van der Waals surface area contributed by atoms with Gasteiger partial charge in [-0.1, -0.05) is 43.2 Å². The third-order valence-electron chi connectivity index (χ3n) is 3.07. The third kappa shape index (κ3) is 3.28. The van der Waals surface area contributed by atoms with Crippen LogP contribution in [0.5, 0.6) is 0 Å². The molecule has 1 aliphatic rings. The zero-order valence-corrected chi connectivity index (χ0v) is 9.76. The van der Waals surface area contributed by atoms with E-state index in [1.807, 2.05) is 30.3 Å². The van der Waals surface area contributed by atoms with E-state index in [0.29, 0.717) is 0 Å². The van der Waals surface area contributed by atoms with Crippen molar-refractivity contribution >= 4 is 5.91 Å². The van der Waals surface area contributed by atoms with E-state index in [1.54, 1.807) is 0 Å². The number of benzene rings is 1. The summed E-state index contributed by atoms with van der Waals surface area (Å²) in [5.41, 5.74) is 9.08. The number of carbonyl (C=O) groups excluding carboxylic acids is 1. The maximum Gasteiger partial charge on any atom is 0.265 e. The number of carbonyl (C=O) groups is 1. The predicted octanol–water partition coefficient (Wildman–Crippen LogP) is 1.68. The van der Waals surface area contributed by atoms with Crippen LogP contribution < -0.4 is 11.2 Å². The molecule has 0 bridgehead atoms. The van der Waals surface area contributed by atoms with Crippen molar-refractivity contribution < 1.29 is 9.63 Å². The molecule has 1 unspecified atom stereocenters. The van der Waals surface area contributed by atoms with Gasteiger partial charge in [-0.15, -0.1) is 0 Å². The zero-order valence-electron chi connectivity index (χ0n) is 9.76. The monoisotopic (exact) mass is 234 g/mol. The first-order valence-electron chi connectivity index (χ1n) is 6.03. The van der Waals surface area contributed by atoms with E-state index in [1.165, 1.54) is 12.8 Å². The highest BCUT2D eigenvalue weighted by Gasteiger charge is 2.20. The summed E-state index contributed by atoms with van der Waals surface area (Å²) >= 11 is 0. The first-order valence-corrected chi connectivity index (χ1v) is 6.03. The fourth-order valence-corrected chi connectivity index (χ4v) is 2.02. The van der Waals surface area contributed by atoms with Gasteiger partial charge in [-0.3, -0.25) is 9.63 Å². The number of hydrogen-bond donors (Lipinski definition) is 2. The summed E-state index contributed by atoms with van der Waals surface area (Å²) in [6.45, 7) is 0. The molecule has 1 fully saturated rings. The summed E-state index contributed by atoms with van der Waals surface area (Å²) in [5, 5.41) is 0. The summed E-state index contributed by atoms with van der Waals surface area (Å²) in [4.78, 5) is 17.1. The average Bonchev–Trinajstić information content (AvgIpc) is 2.89. The van der Waals surface area contributed by atoms with Gasteiger partial charge in [0.05, 0.1) is 6.10 Å². The smallest absolute Gasteiger partial charge is 0.265 e. The van der Waals surface area contributed by atoms with Crippen LogP contribution in [0.2, 0.25) is 0 Å². The van der Waals surface area contributed by atoms with E-state index in [4.69, 9.17) is 10.6 Å². The molecule has 0 heterocycles. The minimum absolute atomic E-state index is 0.155. The lowest BCUT2D eigenvalue weighted by Crippen LogP contribution is -2.36. The number of nitrogens with one attached hydrogen (secondary N) is 1. The molecule has 1 atom stereocenters. The van der Waals surface area contributed by atoms with Gasteiger partial charge in [0, 0.05) is 0 Å². The molecule has 0 aliphatic heterocycles. The van der Waals surface area contributed by atoms with Crippen LogP contribution in [0.15, 0.2) is 30.3 Å². The molecular formula is C13H18N2O2. The second kappa shape index (κ2) is 5.80. The largest absolute Gasteiger partial charge is 0.316 e. The van der Waals surface area contributed by atoms with Crippen LogP contribution in [0.1, 0.15) is 37.3 Å². The van der Waals surface area contributed by atoms with Gasteiger partial charge in [-0.05, 0) is 18.4 Å². The van der Waals surface area contributed by atoms with Crippen molar-refractivity contribution in [3.8, 4) is 0 Å². The minimum Gasteiger partial charge on any atom is -0.316 e. The fraction of sp³-hybridized carbons (Fsp3) is 0.462. The van der Waals surface area contributed by atoms with Crippen LogP contribution in [0.4, 0.5) is 0 Å². The minimum atomic E-state index is -0.669. The number of amides is 1. The standard InChI is InChI=1S/C13H18N2O2/c14-12(10-6-2-1-3-7-10)13(16)15-17-11-8-4-5-9-11/h1-3,6-7,11-12H,4-5,8-9,14H2,(H,15,16). The van der Waals surface area contributed by atoms with Gasteiger partial charge < -0.3 is 5.73 Å². The van der Waals surface area contributed by atoms with Crippen LogP contribution in [0.3, 0.4) is 0 Å². The third-order valence-corrected chi connectivity index (χ3v) is 3.07. The average molecular weight is 234 g/mol. The Labute approximate surface area is 101 Å². The summed E-state index contributed by atoms with van der Waals surface area (Å²) in [6.07, 6.45) is 4.53. The van der Waals surface area contributed by atoms with Gasteiger partial charge in [0.25, 0.3) is 5.91 Å². The molecule has 0 saturated heterocycles. The summed E-state index contributed by atoms with van der Waals surface area (Å²) in [5.74, 6) is -0.289. The number of hydroxylamine groups is 1. The van der Waals surface area contributed by atoms with Crippen molar-refractivity contribution in [1.82, 2.24) is 5.48 Å². The van der Waals surface area contributed by atoms with Gasteiger partial charge in [0.15, 0.2) is 0 Å². The second-order valence-corrected chi connectivity index (χ2v) is 4.38. The summed E-state index contributed by atoms with van der Waals surface area (Å²) < 4.78 is 0. The molecule has 3 N–H and O–H groups in total. The number of nitrogens with two attached hydrogens (primary N) is 1.